The Bertz CT molecular complexity index is 470. The van der Waals surface area contributed by atoms with E-state index in [1.54, 1.807) is 7.11 Å². The molecule has 0 bridgehead atoms. The Morgan fingerprint density at radius 3 is 3.06 bits per heavy atom. The van der Waals surface area contributed by atoms with Crippen LogP contribution in [0, 0.1) is 11.8 Å². The minimum Gasteiger partial charge on any atom is -0.495 e. The molecule has 82 valence electrons. The van der Waals surface area contributed by atoms with Gasteiger partial charge >= 0.3 is 0 Å². The lowest BCUT2D eigenvalue weighted by atomic mass is 10.2. The summed E-state index contributed by atoms with van der Waals surface area (Å²) < 4.78 is 6.14. The smallest absolute Gasteiger partial charge is 0.135 e. The van der Waals surface area contributed by atoms with E-state index in [1.165, 1.54) is 0 Å². The molecule has 1 rings (SSSR count). The van der Waals surface area contributed by atoms with Crippen molar-refractivity contribution >= 4 is 15.9 Å². The van der Waals surface area contributed by atoms with Crippen LogP contribution < -0.4 is 4.74 Å². The monoisotopic (exact) mass is 279 g/mol. The molecule has 1 aromatic carbocycles. The molecule has 0 atom stereocenters. The zero-order chi connectivity index (χ0) is 11.8. The lowest BCUT2D eigenvalue weighted by Gasteiger charge is -2.02. The van der Waals surface area contributed by atoms with E-state index in [9.17, 15) is 0 Å². The molecule has 0 unspecified atom stereocenters. The molecule has 0 heterocycles. The molecule has 0 spiro atoms. The van der Waals surface area contributed by atoms with Crippen LogP contribution in [0.5, 0.6) is 5.75 Å². The van der Waals surface area contributed by atoms with Crippen molar-refractivity contribution in [2.24, 2.45) is 5.11 Å². The van der Waals surface area contributed by atoms with Gasteiger partial charge in [0.25, 0.3) is 0 Å². The van der Waals surface area contributed by atoms with E-state index in [2.05, 4.69) is 37.8 Å². The van der Waals surface area contributed by atoms with Crippen molar-refractivity contribution in [2.45, 2.75) is 6.42 Å². The maximum absolute atomic E-state index is 8.08. The van der Waals surface area contributed by atoms with Gasteiger partial charge in [0.15, 0.2) is 0 Å². The average molecular weight is 280 g/mol. The highest BCUT2D eigenvalue weighted by Crippen LogP contribution is 2.22. The van der Waals surface area contributed by atoms with E-state index in [0.717, 1.165) is 15.8 Å². The van der Waals surface area contributed by atoms with Crippen LogP contribution in [-0.2, 0) is 0 Å². The molecule has 0 aliphatic carbocycles. The van der Waals surface area contributed by atoms with Crippen LogP contribution in [0.3, 0.4) is 0 Å². The van der Waals surface area contributed by atoms with Crippen molar-refractivity contribution in [3.05, 3.63) is 38.7 Å². The molecule has 16 heavy (non-hydrogen) atoms. The second-order valence-electron chi connectivity index (χ2n) is 2.85. The number of azide groups is 1. The van der Waals surface area contributed by atoms with E-state index < -0.39 is 0 Å². The molecular formula is C11H10BrN3O. The Morgan fingerprint density at radius 1 is 1.56 bits per heavy atom. The van der Waals surface area contributed by atoms with Crippen LogP contribution in [0.15, 0.2) is 27.8 Å². The Hall–Kier alpha value is -1.63. The highest BCUT2D eigenvalue weighted by Gasteiger charge is 1.99. The fraction of sp³-hybridized carbons (Fsp3) is 0.273. The molecule has 0 fully saturated rings. The number of ether oxygens (including phenoxy) is 1. The summed E-state index contributed by atoms with van der Waals surface area (Å²) in [5.41, 5.74) is 8.91. The lowest BCUT2D eigenvalue weighted by Crippen LogP contribution is -1.87. The molecule has 0 aromatic heterocycles. The number of hydrogen-bond acceptors (Lipinski definition) is 2. The topological polar surface area (TPSA) is 58.0 Å². The van der Waals surface area contributed by atoms with Crippen molar-refractivity contribution in [2.75, 3.05) is 13.7 Å². The minimum absolute atomic E-state index is 0.391. The van der Waals surface area contributed by atoms with E-state index in [1.807, 2.05) is 18.2 Å². The summed E-state index contributed by atoms with van der Waals surface area (Å²) in [6.07, 6.45) is 0.545. The van der Waals surface area contributed by atoms with Gasteiger partial charge in [-0.2, -0.15) is 0 Å². The van der Waals surface area contributed by atoms with Crippen molar-refractivity contribution in [3.8, 4) is 17.6 Å². The first-order chi connectivity index (χ1) is 7.77. The maximum atomic E-state index is 8.08. The molecule has 0 radical (unpaired) electrons. The number of rotatable bonds is 3. The van der Waals surface area contributed by atoms with Gasteiger partial charge < -0.3 is 4.74 Å². The molecule has 0 saturated heterocycles. The zero-order valence-corrected chi connectivity index (χ0v) is 10.4. The van der Waals surface area contributed by atoms with Crippen LogP contribution in [0.25, 0.3) is 10.4 Å². The van der Waals surface area contributed by atoms with Gasteiger partial charge in [-0.05, 0) is 23.7 Å². The summed E-state index contributed by atoms with van der Waals surface area (Å²) in [5, 5.41) is 3.40. The van der Waals surface area contributed by atoms with Crippen molar-refractivity contribution in [1.82, 2.24) is 0 Å². The fourth-order valence-electron chi connectivity index (χ4n) is 1.08. The Morgan fingerprint density at radius 2 is 2.38 bits per heavy atom. The van der Waals surface area contributed by atoms with Crippen LogP contribution >= 0.6 is 15.9 Å². The standard InChI is InChI=1S/C11H10BrN3O/c1-16-11-8-10(12)6-5-9(11)4-2-3-7-14-15-13/h5-6,8H,3,7H2,1H3. The van der Waals surface area contributed by atoms with E-state index in [4.69, 9.17) is 10.3 Å². The number of hydrogen-bond donors (Lipinski definition) is 0. The van der Waals surface area contributed by atoms with Crippen LogP contribution in [-0.4, -0.2) is 13.7 Å². The quantitative estimate of drug-likeness (QED) is 0.275. The molecule has 0 saturated carbocycles. The van der Waals surface area contributed by atoms with E-state index >= 15 is 0 Å². The number of methoxy groups -OCH3 is 1. The van der Waals surface area contributed by atoms with Crippen LogP contribution in [0.1, 0.15) is 12.0 Å². The predicted molar refractivity (Wildman–Crippen MR) is 66.2 cm³/mol. The highest BCUT2D eigenvalue weighted by molar-refractivity contribution is 9.10. The second-order valence-corrected chi connectivity index (χ2v) is 3.77. The number of halogens is 1. The largest absolute Gasteiger partial charge is 0.495 e. The third-order valence-electron chi connectivity index (χ3n) is 1.79. The molecule has 0 aliphatic heterocycles. The van der Waals surface area contributed by atoms with Crippen LogP contribution in [0.2, 0.25) is 0 Å². The third kappa shape index (κ3) is 3.85. The normalized spacial score (nSPS) is 8.62. The molecular weight excluding hydrogens is 270 g/mol. The van der Waals surface area contributed by atoms with Gasteiger partial charge in [-0.15, -0.1) is 0 Å². The summed E-state index contributed by atoms with van der Waals surface area (Å²) in [7, 11) is 1.60. The van der Waals surface area contributed by atoms with Crippen molar-refractivity contribution in [1.29, 1.82) is 0 Å². The zero-order valence-electron chi connectivity index (χ0n) is 8.77. The summed E-state index contributed by atoms with van der Waals surface area (Å²) in [6, 6.07) is 5.64. The number of benzene rings is 1. The summed E-state index contributed by atoms with van der Waals surface area (Å²) in [5.74, 6) is 6.62. The first-order valence-corrected chi connectivity index (χ1v) is 5.40. The first-order valence-electron chi connectivity index (χ1n) is 4.61. The van der Waals surface area contributed by atoms with Gasteiger partial charge in [0.1, 0.15) is 5.75 Å². The first kappa shape index (κ1) is 12.4. The minimum atomic E-state index is 0.391. The molecule has 1 aromatic rings. The maximum Gasteiger partial charge on any atom is 0.135 e. The molecule has 5 heteroatoms. The Balaban J connectivity index is 2.75. The van der Waals surface area contributed by atoms with Crippen LogP contribution in [0.4, 0.5) is 0 Å². The van der Waals surface area contributed by atoms with Crippen molar-refractivity contribution < 1.29 is 4.74 Å². The fourth-order valence-corrected chi connectivity index (χ4v) is 1.42. The van der Waals surface area contributed by atoms with Gasteiger partial charge in [0, 0.05) is 22.4 Å². The molecule has 4 nitrogen and oxygen atoms in total. The van der Waals surface area contributed by atoms with E-state index in [0.29, 0.717) is 13.0 Å². The molecule has 0 aliphatic rings. The molecule has 0 amide bonds. The molecule has 0 N–H and O–H groups in total. The predicted octanol–water partition coefficient (Wildman–Crippen LogP) is 3.51. The van der Waals surface area contributed by atoms with Gasteiger partial charge in [-0.25, -0.2) is 0 Å². The Labute approximate surface area is 102 Å². The summed E-state index contributed by atoms with van der Waals surface area (Å²) in [6.45, 7) is 0.391. The summed E-state index contributed by atoms with van der Waals surface area (Å²) >= 11 is 3.36. The average Bonchev–Trinajstić information content (AvgIpc) is 2.30. The van der Waals surface area contributed by atoms with Gasteiger partial charge in [0.05, 0.1) is 12.7 Å². The second kappa shape index (κ2) is 6.78. The van der Waals surface area contributed by atoms with Gasteiger partial charge in [-0.3, -0.25) is 0 Å². The van der Waals surface area contributed by atoms with E-state index in [-0.39, 0.29) is 0 Å². The summed E-state index contributed by atoms with van der Waals surface area (Å²) in [4.78, 5) is 2.65. The van der Waals surface area contributed by atoms with Gasteiger partial charge in [-0.1, -0.05) is 32.9 Å². The third-order valence-corrected chi connectivity index (χ3v) is 2.28. The Kier molecular flexibility index (Phi) is 5.27. The van der Waals surface area contributed by atoms with Gasteiger partial charge in [0.2, 0.25) is 0 Å². The lowest BCUT2D eigenvalue weighted by molar-refractivity contribution is 0.413. The highest BCUT2D eigenvalue weighted by atomic mass is 79.9. The SMILES string of the molecule is COc1cc(Br)ccc1C#CCCN=[N+]=[N-]. The number of nitrogens with zero attached hydrogens (tertiary/aromatic N) is 3. The van der Waals surface area contributed by atoms with Crippen molar-refractivity contribution in [3.63, 3.8) is 0 Å².